The molecule has 8 heteroatoms. The lowest BCUT2D eigenvalue weighted by Crippen LogP contribution is -2.23. The molecule has 25 heavy (non-hydrogen) atoms. The Hall–Kier alpha value is -2.64. The zero-order valence-electron chi connectivity index (χ0n) is 14.9. The van der Waals surface area contributed by atoms with Crippen LogP contribution in [0.3, 0.4) is 0 Å². The van der Waals surface area contributed by atoms with Crippen LogP contribution in [0.4, 0.5) is 5.82 Å². The molecule has 1 unspecified atom stereocenters. The van der Waals surface area contributed by atoms with E-state index in [9.17, 15) is 4.79 Å². The van der Waals surface area contributed by atoms with Crippen LogP contribution in [0.15, 0.2) is 12.1 Å². The summed E-state index contributed by atoms with van der Waals surface area (Å²) in [4.78, 5) is 20.8. The number of fused-ring (bicyclic) bond motifs is 1. The molecule has 2 aromatic rings. The molecule has 8 nitrogen and oxygen atoms in total. The molecule has 3 heterocycles. The van der Waals surface area contributed by atoms with Crippen LogP contribution >= 0.6 is 0 Å². The number of hydrogen-bond donors (Lipinski definition) is 1. The van der Waals surface area contributed by atoms with E-state index in [0.29, 0.717) is 11.4 Å². The molecule has 0 aromatic carbocycles. The van der Waals surface area contributed by atoms with Gasteiger partial charge in [0.1, 0.15) is 17.2 Å². The molecule has 0 bridgehead atoms. The van der Waals surface area contributed by atoms with Gasteiger partial charge >= 0.3 is 5.97 Å². The molecule has 1 aliphatic heterocycles. The van der Waals surface area contributed by atoms with Gasteiger partial charge in [0.25, 0.3) is 0 Å². The van der Waals surface area contributed by atoms with Crippen molar-refractivity contribution in [3.05, 3.63) is 29.3 Å². The SMILES string of the molecule is COC(=O)c1ccc(NC2CCCn3nc(C(C)C)nc32)nc1OC. The van der Waals surface area contributed by atoms with Crippen molar-refractivity contribution in [2.45, 2.75) is 45.2 Å². The number of nitrogens with one attached hydrogen (secondary N) is 1. The average Bonchev–Trinajstić information content (AvgIpc) is 3.06. The fourth-order valence-corrected chi connectivity index (χ4v) is 2.87. The van der Waals surface area contributed by atoms with E-state index in [4.69, 9.17) is 9.47 Å². The third kappa shape index (κ3) is 3.42. The van der Waals surface area contributed by atoms with E-state index in [1.807, 2.05) is 4.68 Å². The van der Waals surface area contributed by atoms with Crippen molar-refractivity contribution in [1.29, 1.82) is 0 Å². The minimum atomic E-state index is -0.477. The van der Waals surface area contributed by atoms with E-state index in [-0.39, 0.29) is 17.8 Å². The molecule has 3 rings (SSSR count). The van der Waals surface area contributed by atoms with Gasteiger partial charge in [-0.1, -0.05) is 13.8 Å². The summed E-state index contributed by atoms with van der Waals surface area (Å²) in [5, 5.41) is 7.97. The molecule has 0 aliphatic carbocycles. The summed E-state index contributed by atoms with van der Waals surface area (Å²) < 4.78 is 11.9. The number of ether oxygens (including phenoxy) is 2. The smallest absolute Gasteiger partial charge is 0.343 e. The first-order chi connectivity index (χ1) is 12.0. The van der Waals surface area contributed by atoms with Crippen LogP contribution in [0.25, 0.3) is 0 Å². The van der Waals surface area contributed by atoms with Crippen LogP contribution in [0.1, 0.15) is 60.7 Å². The van der Waals surface area contributed by atoms with Crippen molar-refractivity contribution in [3.8, 4) is 5.88 Å². The van der Waals surface area contributed by atoms with Gasteiger partial charge in [-0.2, -0.15) is 10.1 Å². The molecule has 0 radical (unpaired) electrons. The second-order valence-electron chi connectivity index (χ2n) is 6.29. The van der Waals surface area contributed by atoms with E-state index >= 15 is 0 Å². The van der Waals surface area contributed by atoms with E-state index in [0.717, 1.165) is 31.0 Å². The summed E-state index contributed by atoms with van der Waals surface area (Å²) in [5.41, 5.74) is 0.296. The number of rotatable bonds is 5. The summed E-state index contributed by atoms with van der Waals surface area (Å²) in [7, 11) is 2.81. The van der Waals surface area contributed by atoms with Gasteiger partial charge in [0.15, 0.2) is 5.82 Å². The Morgan fingerprint density at radius 2 is 2.12 bits per heavy atom. The van der Waals surface area contributed by atoms with Gasteiger partial charge in [-0.05, 0) is 25.0 Å². The van der Waals surface area contributed by atoms with E-state index in [1.54, 1.807) is 12.1 Å². The maximum Gasteiger partial charge on any atom is 0.343 e. The molecule has 0 saturated heterocycles. The molecule has 0 amide bonds. The van der Waals surface area contributed by atoms with Gasteiger partial charge < -0.3 is 14.8 Å². The van der Waals surface area contributed by atoms with Crippen LogP contribution in [-0.4, -0.2) is 39.9 Å². The molecule has 1 aliphatic rings. The second-order valence-corrected chi connectivity index (χ2v) is 6.29. The molecule has 0 fully saturated rings. The zero-order chi connectivity index (χ0) is 18.0. The van der Waals surface area contributed by atoms with Crippen LogP contribution in [0, 0.1) is 0 Å². The number of carbonyl (C=O) groups excluding carboxylic acids is 1. The van der Waals surface area contributed by atoms with Gasteiger partial charge in [-0.15, -0.1) is 0 Å². The summed E-state index contributed by atoms with van der Waals surface area (Å²) in [6.07, 6.45) is 1.96. The van der Waals surface area contributed by atoms with Crippen LogP contribution in [-0.2, 0) is 11.3 Å². The number of aryl methyl sites for hydroxylation is 1. The molecule has 1 N–H and O–H groups in total. The van der Waals surface area contributed by atoms with Crippen molar-refractivity contribution in [2.75, 3.05) is 19.5 Å². The highest BCUT2D eigenvalue weighted by Crippen LogP contribution is 2.29. The number of hydrogen-bond acceptors (Lipinski definition) is 7. The zero-order valence-corrected chi connectivity index (χ0v) is 14.9. The third-order valence-electron chi connectivity index (χ3n) is 4.19. The number of nitrogens with zero attached hydrogens (tertiary/aromatic N) is 4. The van der Waals surface area contributed by atoms with Crippen molar-refractivity contribution >= 4 is 11.8 Å². The first kappa shape index (κ1) is 17.2. The highest BCUT2D eigenvalue weighted by atomic mass is 16.5. The summed E-state index contributed by atoms with van der Waals surface area (Å²) in [6, 6.07) is 3.41. The first-order valence-electron chi connectivity index (χ1n) is 8.38. The number of methoxy groups -OCH3 is 2. The van der Waals surface area contributed by atoms with E-state index in [2.05, 4.69) is 34.2 Å². The predicted molar refractivity (Wildman–Crippen MR) is 91.8 cm³/mol. The number of aromatic nitrogens is 4. The first-order valence-corrected chi connectivity index (χ1v) is 8.38. The van der Waals surface area contributed by atoms with E-state index in [1.165, 1.54) is 14.2 Å². The summed E-state index contributed by atoms with van der Waals surface area (Å²) in [5.74, 6) is 2.45. The van der Waals surface area contributed by atoms with Crippen molar-refractivity contribution in [1.82, 2.24) is 19.7 Å². The Balaban J connectivity index is 1.85. The molecule has 0 spiro atoms. The van der Waals surface area contributed by atoms with Gasteiger partial charge in [-0.3, -0.25) is 0 Å². The number of anilines is 1. The second kappa shape index (κ2) is 7.08. The maximum atomic E-state index is 11.7. The van der Waals surface area contributed by atoms with Crippen LogP contribution in [0.2, 0.25) is 0 Å². The topological polar surface area (TPSA) is 91.2 Å². The Kier molecular flexibility index (Phi) is 4.87. The van der Waals surface area contributed by atoms with Gasteiger partial charge in [0.05, 0.1) is 20.3 Å². The standard InChI is InChI=1S/C17H23N5O3/c1-10(2)14-20-15-12(6-5-9-22(15)21-14)18-13-8-7-11(17(23)25-4)16(19-13)24-3/h7-8,10,12H,5-6,9H2,1-4H3,(H,18,19). The summed E-state index contributed by atoms with van der Waals surface area (Å²) in [6.45, 7) is 5.05. The van der Waals surface area contributed by atoms with Crippen molar-refractivity contribution < 1.29 is 14.3 Å². The fourth-order valence-electron chi connectivity index (χ4n) is 2.87. The van der Waals surface area contributed by atoms with Gasteiger partial charge in [-0.25, -0.2) is 14.5 Å². The average molecular weight is 345 g/mol. The van der Waals surface area contributed by atoms with Gasteiger partial charge in [0.2, 0.25) is 5.88 Å². The maximum absolute atomic E-state index is 11.7. The minimum absolute atomic E-state index is 0.0231. The normalized spacial score (nSPS) is 16.4. The highest BCUT2D eigenvalue weighted by Gasteiger charge is 2.26. The molecule has 134 valence electrons. The van der Waals surface area contributed by atoms with Crippen molar-refractivity contribution in [3.63, 3.8) is 0 Å². The molecular weight excluding hydrogens is 322 g/mol. The quantitative estimate of drug-likeness (QED) is 0.833. The molecule has 2 aromatic heterocycles. The van der Waals surface area contributed by atoms with E-state index < -0.39 is 5.97 Å². The Morgan fingerprint density at radius 3 is 2.80 bits per heavy atom. The van der Waals surface area contributed by atoms with Crippen LogP contribution < -0.4 is 10.1 Å². The van der Waals surface area contributed by atoms with Crippen LogP contribution in [0.5, 0.6) is 5.88 Å². The predicted octanol–water partition coefficient (Wildman–Crippen LogP) is 2.54. The van der Waals surface area contributed by atoms with Gasteiger partial charge in [0, 0.05) is 12.5 Å². The molecular formula is C17H23N5O3. The largest absolute Gasteiger partial charge is 0.480 e. The minimum Gasteiger partial charge on any atom is -0.480 e. The lowest BCUT2D eigenvalue weighted by Gasteiger charge is -2.23. The molecule has 0 saturated carbocycles. The Morgan fingerprint density at radius 1 is 1.32 bits per heavy atom. The third-order valence-corrected chi connectivity index (χ3v) is 4.19. The summed E-state index contributed by atoms with van der Waals surface area (Å²) >= 11 is 0. The number of pyridine rings is 1. The monoisotopic (exact) mass is 345 g/mol. The Bertz CT molecular complexity index is 772. The number of esters is 1. The lowest BCUT2D eigenvalue weighted by atomic mass is 10.1. The van der Waals surface area contributed by atoms with Crippen molar-refractivity contribution in [2.24, 2.45) is 0 Å². The number of carbonyl (C=O) groups is 1. The lowest BCUT2D eigenvalue weighted by molar-refractivity contribution is 0.0596. The molecule has 1 atom stereocenters. The fraction of sp³-hybridized carbons (Fsp3) is 0.529. The highest BCUT2D eigenvalue weighted by molar-refractivity contribution is 5.92. The Labute approximate surface area is 146 Å².